The van der Waals surface area contributed by atoms with E-state index in [9.17, 15) is 13.2 Å². The molecule has 134 valence electrons. The summed E-state index contributed by atoms with van der Waals surface area (Å²) in [5, 5.41) is 2.83. The number of amides is 1. The second-order valence-electron chi connectivity index (χ2n) is 5.83. The largest absolute Gasteiger partial charge is 0.379 e. The molecule has 1 amide bonds. The maximum Gasteiger partial charge on any atom is 0.252 e. The minimum Gasteiger partial charge on any atom is -0.379 e. The smallest absolute Gasteiger partial charge is 0.252 e. The van der Waals surface area contributed by atoms with Gasteiger partial charge in [-0.3, -0.25) is 4.79 Å². The minimum atomic E-state index is -3.68. The van der Waals surface area contributed by atoms with Crippen LogP contribution in [0.2, 0.25) is 0 Å². The van der Waals surface area contributed by atoms with Crippen molar-refractivity contribution >= 4 is 15.9 Å². The Bertz CT molecular complexity index is 640. The van der Waals surface area contributed by atoms with Gasteiger partial charge >= 0.3 is 0 Å². The standard InChI is InChI=1S/C17H26N2O4S/c1-2-3-4-7-10-18-17(20)15-8-5-6-9-16(15)24(21,22)19-11-13-23-14-12-19/h5-6,8-9H,2-4,7,10-14H2,1H3,(H,18,20). The molecule has 0 saturated carbocycles. The lowest BCUT2D eigenvalue weighted by molar-refractivity contribution is 0.0730. The summed E-state index contributed by atoms with van der Waals surface area (Å²) in [6.07, 6.45) is 4.23. The molecule has 6 nitrogen and oxygen atoms in total. The van der Waals surface area contributed by atoms with Gasteiger partial charge in [0.1, 0.15) is 0 Å². The molecule has 1 heterocycles. The van der Waals surface area contributed by atoms with Crippen LogP contribution < -0.4 is 5.32 Å². The van der Waals surface area contributed by atoms with Crippen LogP contribution in [0.4, 0.5) is 0 Å². The third-order valence-electron chi connectivity index (χ3n) is 4.04. The first-order valence-electron chi connectivity index (χ1n) is 8.52. The van der Waals surface area contributed by atoms with Crippen LogP contribution >= 0.6 is 0 Å². The summed E-state index contributed by atoms with van der Waals surface area (Å²) in [7, 11) is -3.68. The van der Waals surface area contributed by atoms with Crippen molar-refractivity contribution in [2.45, 2.75) is 37.5 Å². The maximum atomic E-state index is 12.8. The average Bonchev–Trinajstić information content (AvgIpc) is 2.62. The van der Waals surface area contributed by atoms with E-state index >= 15 is 0 Å². The van der Waals surface area contributed by atoms with Crippen LogP contribution in [0.1, 0.15) is 43.0 Å². The van der Waals surface area contributed by atoms with Crippen molar-refractivity contribution in [2.75, 3.05) is 32.8 Å². The molecular formula is C17H26N2O4S. The molecule has 0 aromatic heterocycles. The molecule has 1 N–H and O–H groups in total. The van der Waals surface area contributed by atoms with Gasteiger partial charge in [0.05, 0.1) is 23.7 Å². The number of hydrogen-bond acceptors (Lipinski definition) is 4. The van der Waals surface area contributed by atoms with Crippen molar-refractivity contribution in [1.82, 2.24) is 9.62 Å². The number of unbranched alkanes of at least 4 members (excludes halogenated alkanes) is 3. The Morgan fingerprint density at radius 3 is 2.58 bits per heavy atom. The Balaban J connectivity index is 2.10. The van der Waals surface area contributed by atoms with Crippen LogP contribution in [-0.4, -0.2) is 51.5 Å². The van der Waals surface area contributed by atoms with E-state index in [-0.39, 0.29) is 16.4 Å². The van der Waals surface area contributed by atoms with Gasteiger partial charge in [0.25, 0.3) is 5.91 Å². The molecule has 0 unspecified atom stereocenters. The molecule has 0 spiro atoms. The SMILES string of the molecule is CCCCCCNC(=O)c1ccccc1S(=O)(=O)N1CCOCC1. The highest BCUT2D eigenvalue weighted by atomic mass is 32.2. The molecule has 1 aliphatic heterocycles. The lowest BCUT2D eigenvalue weighted by Crippen LogP contribution is -2.41. The molecule has 0 bridgehead atoms. The summed E-state index contributed by atoms with van der Waals surface area (Å²) in [5.74, 6) is -0.334. The van der Waals surface area contributed by atoms with Crippen molar-refractivity contribution in [3.63, 3.8) is 0 Å². The summed E-state index contributed by atoms with van der Waals surface area (Å²) in [6.45, 7) is 4.08. The Morgan fingerprint density at radius 2 is 1.88 bits per heavy atom. The number of nitrogens with one attached hydrogen (secondary N) is 1. The number of rotatable bonds is 8. The van der Waals surface area contributed by atoms with Gasteiger partial charge in [-0.25, -0.2) is 8.42 Å². The summed E-state index contributed by atoms with van der Waals surface area (Å²) >= 11 is 0. The zero-order valence-electron chi connectivity index (χ0n) is 14.2. The third kappa shape index (κ3) is 4.78. The van der Waals surface area contributed by atoms with Crippen molar-refractivity contribution in [3.8, 4) is 0 Å². The zero-order valence-corrected chi connectivity index (χ0v) is 15.0. The van der Waals surface area contributed by atoms with Crippen LogP contribution in [0.15, 0.2) is 29.2 Å². The van der Waals surface area contributed by atoms with E-state index in [1.54, 1.807) is 18.2 Å². The van der Waals surface area contributed by atoms with Crippen molar-refractivity contribution in [2.24, 2.45) is 0 Å². The Kier molecular flexibility index (Phi) is 7.20. The van der Waals surface area contributed by atoms with Crippen molar-refractivity contribution in [3.05, 3.63) is 29.8 Å². The molecule has 24 heavy (non-hydrogen) atoms. The fourth-order valence-corrected chi connectivity index (χ4v) is 4.25. The van der Waals surface area contributed by atoms with Gasteiger partial charge in [-0.15, -0.1) is 0 Å². The van der Waals surface area contributed by atoms with E-state index in [2.05, 4.69) is 12.2 Å². The lowest BCUT2D eigenvalue weighted by atomic mass is 10.2. The molecule has 0 atom stereocenters. The highest BCUT2D eigenvalue weighted by molar-refractivity contribution is 7.89. The fraction of sp³-hybridized carbons (Fsp3) is 0.588. The van der Waals surface area contributed by atoms with Gasteiger partial charge in [0.2, 0.25) is 10.0 Å². The second-order valence-corrected chi connectivity index (χ2v) is 7.74. The Hall–Kier alpha value is -1.44. The molecule has 1 saturated heterocycles. The molecular weight excluding hydrogens is 328 g/mol. The van der Waals surface area contributed by atoms with E-state index in [0.29, 0.717) is 32.8 Å². The number of benzene rings is 1. The van der Waals surface area contributed by atoms with E-state index in [1.807, 2.05) is 0 Å². The molecule has 1 aromatic carbocycles. The first kappa shape index (κ1) is 18.9. The predicted molar refractivity (Wildman–Crippen MR) is 92.5 cm³/mol. The minimum absolute atomic E-state index is 0.0676. The van der Waals surface area contributed by atoms with E-state index in [0.717, 1.165) is 25.7 Å². The Morgan fingerprint density at radius 1 is 1.17 bits per heavy atom. The lowest BCUT2D eigenvalue weighted by Gasteiger charge is -2.26. The molecule has 1 fully saturated rings. The van der Waals surface area contributed by atoms with E-state index in [1.165, 1.54) is 10.4 Å². The summed E-state index contributed by atoms with van der Waals surface area (Å²) in [4.78, 5) is 12.5. The fourth-order valence-electron chi connectivity index (χ4n) is 2.65. The molecule has 0 radical (unpaired) electrons. The van der Waals surface area contributed by atoms with Gasteiger partial charge in [-0.2, -0.15) is 4.31 Å². The summed E-state index contributed by atoms with van der Waals surface area (Å²) < 4.78 is 32.2. The monoisotopic (exact) mass is 354 g/mol. The van der Waals surface area contributed by atoms with Gasteiger partial charge < -0.3 is 10.1 Å². The Labute approximate surface area is 144 Å². The van der Waals surface area contributed by atoms with E-state index < -0.39 is 10.0 Å². The first-order chi connectivity index (χ1) is 11.6. The normalized spacial score (nSPS) is 16.0. The zero-order chi connectivity index (χ0) is 17.4. The topological polar surface area (TPSA) is 75.7 Å². The second kappa shape index (κ2) is 9.15. The molecule has 2 rings (SSSR count). The highest BCUT2D eigenvalue weighted by Crippen LogP contribution is 2.21. The predicted octanol–water partition coefficient (Wildman–Crippen LogP) is 2.02. The van der Waals surface area contributed by atoms with Crippen LogP contribution in [-0.2, 0) is 14.8 Å². The van der Waals surface area contributed by atoms with Crippen LogP contribution in [0, 0.1) is 0 Å². The van der Waals surface area contributed by atoms with Crippen LogP contribution in [0.25, 0.3) is 0 Å². The van der Waals surface area contributed by atoms with Gasteiger partial charge in [-0.05, 0) is 18.6 Å². The summed E-state index contributed by atoms with van der Waals surface area (Å²) in [6, 6.07) is 6.39. The van der Waals surface area contributed by atoms with Crippen molar-refractivity contribution in [1.29, 1.82) is 0 Å². The quantitative estimate of drug-likeness (QED) is 0.725. The maximum absolute atomic E-state index is 12.8. The molecule has 1 aromatic rings. The number of hydrogen-bond donors (Lipinski definition) is 1. The van der Waals surface area contributed by atoms with Crippen LogP contribution in [0.5, 0.6) is 0 Å². The van der Waals surface area contributed by atoms with Gasteiger partial charge in [-0.1, -0.05) is 38.3 Å². The summed E-state index contributed by atoms with van der Waals surface area (Å²) in [5.41, 5.74) is 0.208. The van der Waals surface area contributed by atoms with Gasteiger partial charge in [0, 0.05) is 19.6 Å². The number of ether oxygens (including phenoxy) is 1. The molecule has 0 aliphatic carbocycles. The number of nitrogens with zero attached hydrogens (tertiary/aromatic N) is 1. The van der Waals surface area contributed by atoms with E-state index in [4.69, 9.17) is 4.74 Å². The molecule has 7 heteroatoms. The number of carbonyl (C=O) groups excluding carboxylic acids is 1. The third-order valence-corrected chi connectivity index (χ3v) is 5.99. The number of morpholine rings is 1. The number of carbonyl (C=O) groups is 1. The first-order valence-corrected chi connectivity index (χ1v) is 9.96. The molecule has 1 aliphatic rings. The van der Waals surface area contributed by atoms with Crippen LogP contribution in [0.3, 0.4) is 0 Å². The average molecular weight is 354 g/mol. The van der Waals surface area contributed by atoms with Gasteiger partial charge in [0.15, 0.2) is 0 Å². The number of sulfonamides is 1. The van der Waals surface area contributed by atoms with Crippen molar-refractivity contribution < 1.29 is 17.9 Å². The highest BCUT2D eigenvalue weighted by Gasteiger charge is 2.29.